The number of hydrogen-bond acceptors (Lipinski definition) is 3. The first-order valence-corrected chi connectivity index (χ1v) is 14.3. The SMILES string of the molecule is CCCCCCCCOc1ccc(-c2ccc(OC(=O)c3cccc([C]4[CH][CH][CH][CH]4)c3)cc2)cc1.[CH]1[CH][CH][CH][CH]1.[Fe+2]. The molecule has 0 heterocycles. The van der Waals surface area contributed by atoms with E-state index >= 15 is 0 Å². The molecule has 0 saturated heterocycles. The molecule has 41 heavy (non-hydrogen) atoms. The van der Waals surface area contributed by atoms with Gasteiger partial charge in [0.15, 0.2) is 0 Å². The van der Waals surface area contributed by atoms with E-state index in [1.807, 2.05) is 112 Å². The van der Waals surface area contributed by atoms with Crippen LogP contribution in [0, 0.1) is 63.7 Å². The van der Waals surface area contributed by atoms with Gasteiger partial charge in [0, 0.05) is 5.92 Å². The van der Waals surface area contributed by atoms with Crippen molar-refractivity contribution < 1.29 is 31.3 Å². The molecule has 2 saturated carbocycles. The number of rotatable bonds is 12. The van der Waals surface area contributed by atoms with Gasteiger partial charge >= 0.3 is 23.0 Å². The van der Waals surface area contributed by atoms with Gasteiger partial charge in [0.1, 0.15) is 11.5 Å². The fraction of sp³-hybridized carbons (Fsp3) is 0.216. The summed E-state index contributed by atoms with van der Waals surface area (Å²) in [4.78, 5) is 12.7. The standard InChI is InChI=1S/C32H33O3.C5H5.Fe/c1-2-3-4-5-6-9-23-34-30-19-15-26(16-20-30)27-17-21-31(22-18-27)35-32(33)29-14-10-13-28(24-29)25-11-7-8-12-25;1-2-4-5-3-1;/h7-8,10-22,24H,2-6,9,23H2,1H3;1-5H;/q;;+2. The maximum absolute atomic E-state index is 12.7. The van der Waals surface area contributed by atoms with Gasteiger partial charge in [-0.1, -0.05) is 75.4 Å². The zero-order chi connectivity index (χ0) is 27.8. The minimum atomic E-state index is -0.363. The largest absolute Gasteiger partial charge is 2.00 e. The van der Waals surface area contributed by atoms with Crippen LogP contribution in [0.3, 0.4) is 0 Å². The van der Waals surface area contributed by atoms with Gasteiger partial charge in [-0.05, 0) is 117 Å². The second-order valence-electron chi connectivity index (χ2n) is 9.77. The Bertz CT molecular complexity index is 1120. The van der Waals surface area contributed by atoms with Gasteiger partial charge in [-0.25, -0.2) is 4.79 Å². The third-order valence-electron chi connectivity index (χ3n) is 6.67. The number of benzene rings is 3. The fourth-order valence-electron chi connectivity index (χ4n) is 4.41. The van der Waals surface area contributed by atoms with Crippen molar-refractivity contribution in [1.82, 2.24) is 0 Å². The monoisotopic (exact) mass is 586 g/mol. The van der Waals surface area contributed by atoms with Gasteiger partial charge in [0.05, 0.1) is 12.2 Å². The summed E-state index contributed by atoms with van der Waals surface area (Å²) in [5.74, 6) is 2.15. The molecule has 2 aliphatic carbocycles. The summed E-state index contributed by atoms with van der Waals surface area (Å²) in [5.41, 5.74) is 3.69. The van der Waals surface area contributed by atoms with E-state index in [9.17, 15) is 4.79 Å². The molecule has 0 atom stereocenters. The Kier molecular flexibility index (Phi) is 15.1. The molecule has 210 valence electrons. The maximum Gasteiger partial charge on any atom is 2.00 e. The number of unbranched alkanes of at least 4 members (excludes halogenated alkanes) is 5. The number of carbonyl (C=O) groups excluding carboxylic acids is 1. The minimum Gasteiger partial charge on any atom is -0.494 e. The van der Waals surface area contributed by atoms with Gasteiger partial charge in [0.25, 0.3) is 0 Å². The van der Waals surface area contributed by atoms with E-state index in [2.05, 4.69) is 19.1 Å². The Labute approximate surface area is 258 Å². The van der Waals surface area contributed by atoms with Crippen LogP contribution in [0.15, 0.2) is 72.8 Å². The molecule has 0 N–H and O–H groups in total. The van der Waals surface area contributed by atoms with Crippen LogP contribution in [-0.2, 0) is 17.1 Å². The molecule has 4 heteroatoms. The van der Waals surface area contributed by atoms with E-state index in [1.165, 1.54) is 32.1 Å². The molecule has 0 spiro atoms. The number of esters is 1. The zero-order valence-electron chi connectivity index (χ0n) is 23.7. The summed E-state index contributed by atoms with van der Waals surface area (Å²) in [6, 6.07) is 23.3. The second kappa shape index (κ2) is 18.8. The Morgan fingerprint density at radius 1 is 0.610 bits per heavy atom. The van der Waals surface area contributed by atoms with Gasteiger partial charge in [-0.3, -0.25) is 0 Å². The number of hydrogen-bond donors (Lipinski definition) is 0. The van der Waals surface area contributed by atoms with Crippen molar-refractivity contribution in [2.45, 2.75) is 45.4 Å². The minimum absolute atomic E-state index is 0. The molecular weight excluding hydrogens is 548 g/mol. The molecule has 2 aliphatic rings. The predicted molar refractivity (Wildman–Crippen MR) is 163 cm³/mol. The van der Waals surface area contributed by atoms with Crippen LogP contribution in [0.4, 0.5) is 0 Å². The number of carbonyl (C=O) groups is 1. The molecular formula is C37H38FeO3+2. The third kappa shape index (κ3) is 11.3. The smallest absolute Gasteiger partial charge is 0.494 e. The van der Waals surface area contributed by atoms with Crippen molar-refractivity contribution in [2.75, 3.05) is 6.61 Å². The summed E-state index contributed by atoms with van der Waals surface area (Å²) in [6.07, 6.45) is 25.6. The van der Waals surface area contributed by atoms with E-state index in [0.29, 0.717) is 11.3 Å². The van der Waals surface area contributed by atoms with Crippen LogP contribution >= 0.6 is 0 Å². The fourth-order valence-corrected chi connectivity index (χ4v) is 4.41. The molecule has 0 unspecified atom stereocenters. The van der Waals surface area contributed by atoms with Crippen molar-refractivity contribution in [3.63, 3.8) is 0 Å². The molecule has 0 bridgehead atoms. The van der Waals surface area contributed by atoms with E-state index < -0.39 is 0 Å². The van der Waals surface area contributed by atoms with Crippen molar-refractivity contribution in [3.05, 3.63) is 148 Å². The van der Waals surface area contributed by atoms with E-state index in [1.54, 1.807) is 6.07 Å². The summed E-state index contributed by atoms with van der Waals surface area (Å²) in [7, 11) is 0. The molecule has 10 radical (unpaired) electrons. The van der Waals surface area contributed by atoms with Gasteiger partial charge < -0.3 is 9.47 Å². The zero-order valence-corrected chi connectivity index (χ0v) is 24.8. The predicted octanol–water partition coefficient (Wildman–Crippen LogP) is 9.08. The first kappa shape index (κ1) is 33.0. The van der Waals surface area contributed by atoms with Gasteiger partial charge in [-0.2, -0.15) is 0 Å². The molecule has 0 aliphatic heterocycles. The summed E-state index contributed by atoms with van der Waals surface area (Å²) in [6.45, 7) is 3.00. The van der Waals surface area contributed by atoms with Crippen LogP contribution in [0.25, 0.3) is 11.1 Å². The van der Waals surface area contributed by atoms with Crippen molar-refractivity contribution in [1.29, 1.82) is 0 Å². The van der Waals surface area contributed by atoms with Crippen LogP contribution < -0.4 is 9.47 Å². The third-order valence-corrected chi connectivity index (χ3v) is 6.67. The van der Waals surface area contributed by atoms with Crippen molar-refractivity contribution in [3.8, 4) is 22.6 Å². The molecule has 0 aromatic heterocycles. The molecule has 5 rings (SSSR count). The molecule has 3 aromatic rings. The molecule has 0 amide bonds. The Hall–Kier alpha value is -2.55. The summed E-state index contributed by atoms with van der Waals surface area (Å²) in [5, 5.41) is 0. The van der Waals surface area contributed by atoms with Gasteiger partial charge in [0.2, 0.25) is 0 Å². The first-order valence-electron chi connectivity index (χ1n) is 14.3. The second-order valence-corrected chi connectivity index (χ2v) is 9.77. The van der Waals surface area contributed by atoms with E-state index in [-0.39, 0.29) is 23.0 Å². The maximum atomic E-state index is 12.7. The average Bonchev–Trinajstić information content (AvgIpc) is 3.76. The normalized spacial score (nSPS) is 14.6. The van der Waals surface area contributed by atoms with Crippen molar-refractivity contribution >= 4 is 5.97 Å². The summed E-state index contributed by atoms with van der Waals surface area (Å²) >= 11 is 0. The van der Waals surface area contributed by atoms with Crippen LogP contribution in [-0.4, -0.2) is 12.6 Å². The molecule has 3 aromatic carbocycles. The van der Waals surface area contributed by atoms with Gasteiger partial charge in [-0.15, -0.1) is 0 Å². The van der Waals surface area contributed by atoms with Crippen LogP contribution in [0.5, 0.6) is 11.5 Å². The van der Waals surface area contributed by atoms with Crippen LogP contribution in [0.1, 0.15) is 61.4 Å². The van der Waals surface area contributed by atoms with E-state index in [4.69, 9.17) is 9.47 Å². The topological polar surface area (TPSA) is 35.5 Å². The first-order chi connectivity index (χ1) is 19.7. The Morgan fingerprint density at radius 2 is 1.17 bits per heavy atom. The Balaban J connectivity index is 0.000000696. The molecule has 2 fully saturated rings. The van der Waals surface area contributed by atoms with E-state index in [0.717, 1.165) is 41.4 Å². The molecule has 3 nitrogen and oxygen atoms in total. The average molecular weight is 587 g/mol. The van der Waals surface area contributed by atoms with Crippen LogP contribution in [0.2, 0.25) is 0 Å². The summed E-state index contributed by atoms with van der Waals surface area (Å²) < 4.78 is 11.5. The Morgan fingerprint density at radius 3 is 1.78 bits per heavy atom. The quantitative estimate of drug-likeness (QED) is 0.0919. The van der Waals surface area contributed by atoms with Crippen molar-refractivity contribution in [2.24, 2.45) is 0 Å². The number of ether oxygens (including phenoxy) is 2.